The molecular formula is C20H30O4. The number of carbonyl (C=O) groups excluding carboxylic acids is 2. The Hall–Kier alpha value is -1.84. The highest BCUT2D eigenvalue weighted by Crippen LogP contribution is 2.21. The number of esters is 2. The van der Waals surface area contributed by atoms with Gasteiger partial charge in [0.25, 0.3) is 0 Å². The Morgan fingerprint density at radius 2 is 1.62 bits per heavy atom. The number of hydrogen-bond acceptors (Lipinski definition) is 4. The molecule has 0 saturated heterocycles. The lowest BCUT2D eigenvalue weighted by Crippen LogP contribution is -2.11. The quantitative estimate of drug-likeness (QED) is 0.328. The monoisotopic (exact) mass is 334 g/mol. The van der Waals surface area contributed by atoms with Crippen LogP contribution in [0.15, 0.2) is 18.2 Å². The molecular weight excluding hydrogens is 304 g/mol. The summed E-state index contributed by atoms with van der Waals surface area (Å²) in [4.78, 5) is 23.4. The standard InChI is InChI=1S/C20H30O4/c1-4-5-6-7-8-15-23-19(21)13-10-14-20(22)24-18-12-9-11-16(2)17(18)3/h9,11-12H,4-8,10,13-15H2,1-3H3. The Morgan fingerprint density at radius 1 is 0.917 bits per heavy atom. The van der Waals surface area contributed by atoms with E-state index in [1.807, 2.05) is 26.0 Å². The van der Waals surface area contributed by atoms with E-state index in [4.69, 9.17) is 9.47 Å². The maximum absolute atomic E-state index is 11.8. The number of aryl methyl sites for hydroxylation is 1. The number of rotatable bonds is 11. The molecule has 1 aromatic rings. The second-order valence-electron chi connectivity index (χ2n) is 6.16. The SMILES string of the molecule is CCCCCCCOC(=O)CCCC(=O)Oc1cccc(C)c1C. The Balaban J connectivity index is 2.14. The van der Waals surface area contributed by atoms with E-state index in [1.54, 1.807) is 6.07 Å². The molecule has 0 spiro atoms. The molecule has 0 aromatic heterocycles. The van der Waals surface area contributed by atoms with Crippen LogP contribution in [-0.2, 0) is 14.3 Å². The summed E-state index contributed by atoms with van der Waals surface area (Å²) in [5.74, 6) is 0.0516. The summed E-state index contributed by atoms with van der Waals surface area (Å²) in [6.07, 6.45) is 6.59. The Kier molecular flexibility index (Phi) is 9.81. The van der Waals surface area contributed by atoms with E-state index < -0.39 is 0 Å². The Labute approximate surface area is 145 Å². The average Bonchev–Trinajstić information content (AvgIpc) is 2.55. The van der Waals surface area contributed by atoms with Crippen molar-refractivity contribution in [3.8, 4) is 5.75 Å². The van der Waals surface area contributed by atoms with E-state index in [1.165, 1.54) is 19.3 Å². The van der Waals surface area contributed by atoms with E-state index in [2.05, 4.69) is 6.92 Å². The third-order valence-electron chi connectivity index (χ3n) is 4.05. The van der Waals surface area contributed by atoms with Crippen molar-refractivity contribution in [3.05, 3.63) is 29.3 Å². The highest BCUT2D eigenvalue weighted by Gasteiger charge is 2.10. The van der Waals surface area contributed by atoms with Crippen LogP contribution in [0.2, 0.25) is 0 Å². The van der Waals surface area contributed by atoms with Crippen LogP contribution in [0.3, 0.4) is 0 Å². The zero-order chi connectivity index (χ0) is 17.8. The van der Waals surface area contributed by atoms with Crippen molar-refractivity contribution in [2.75, 3.05) is 6.61 Å². The minimum Gasteiger partial charge on any atom is -0.466 e. The molecule has 0 unspecified atom stereocenters. The van der Waals surface area contributed by atoms with Gasteiger partial charge in [-0.05, 0) is 43.9 Å². The highest BCUT2D eigenvalue weighted by atomic mass is 16.5. The molecule has 4 heteroatoms. The molecule has 0 aliphatic rings. The molecule has 0 aliphatic carbocycles. The first-order valence-electron chi connectivity index (χ1n) is 8.97. The predicted molar refractivity (Wildman–Crippen MR) is 95.1 cm³/mol. The van der Waals surface area contributed by atoms with Crippen LogP contribution < -0.4 is 4.74 Å². The van der Waals surface area contributed by atoms with E-state index in [0.29, 0.717) is 18.8 Å². The number of unbranched alkanes of at least 4 members (excludes halogenated alkanes) is 4. The van der Waals surface area contributed by atoms with Gasteiger partial charge in [-0.1, -0.05) is 44.7 Å². The van der Waals surface area contributed by atoms with Gasteiger partial charge in [0.2, 0.25) is 0 Å². The molecule has 0 aliphatic heterocycles. The predicted octanol–water partition coefficient (Wildman–Crippen LogP) is 4.89. The molecule has 0 saturated carbocycles. The van der Waals surface area contributed by atoms with Crippen LogP contribution in [0.25, 0.3) is 0 Å². The molecule has 0 amide bonds. The van der Waals surface area contributed by atoms with Crippen LogP contribution in [0.4, 0.5) is 0 Å². The number of ether oxygens (including phenoxy) is 2. The number of carbonyl (C=O) groups is 2. The van der Waals surface area contributed by atoms with Crippen LogP contribution >= 0.6 is 0 Å². The second kappa shape index (κ2) is 11.7. The number of benzene rings is 1. The number of hydrogen-bond donors (Lipinski definition) is 0. The van der Waals surface area contributed by atoms with Gasteiger partial charge in [-0.3, -0.25) is 9.59 Å². The van der Waals surface area contributed by atoms with Gasteiger partial charge < -0.3 is 9.47 Å². The molecule has 1 aromatic carbocycles. The molecule has 24 heavy (non-hydrogen) atoms. The Bertz CT molecular complexity index is 522. The fraction of sp³-hybridized carbons (Fsp3) is 0.600. The highest BCUT2D eigenvalue weighted by molar-refractivity contribution is 5.74. The fourth-order valence-corrected chi connectivity index (χ4v) is 2.35. The van der Waals surface area contributed by atoms with Crippen molar-refractivity contribution < 1.29 is 19.1 Å². The van der Waals surface area contributed by atoms with Gasteiger partial charge in [-0.25, -0.2) is 0 Å². The zero-order valence-electron chi connectivity index (χ0n) is 15.2. The van der Waals surface area contributed by atoms with Crippen LogP contribution in [0.1, 0.15) is 69.4 Å². The first-order valence-corrected chi connectivity index (χ1v) is 8.97. The maximum Gasteiger partial charge on any atom is 0.311 e. The lowest BCUT2D eigenvalue weighted by atomic mass is 10.1. The third kappa shape index (κ3) is 8.14. The molecule has 0 fully saturated rings. The van der Waals surface area contributed by atoms with Crippen molar-refractivity contribution in [1.29, 1.82) is 0 Å². The first-order chi connectivity index (χ1) is 11.5. The molecule has 0 radical (unpaired) electrons. The van der Waals surface area contributed by atoms with Gasteiger partial charge in [0, 0.05) is 12.8 Å². The molecule has 134 valence electrons. The summed E-state index contributed by atoms with van der Waals surface area (Å²) < 4.78 is 10.5. The first kappa shape index (κ1) is 20.2. The van der Waals surface area contributed by atoms with Crippen molar-refractivity contribution in [2.24, 2.45) is 0 Å². The van der Waals surface area contributed by atoms with E-state index in [0.717, 1.165) is 24.0 Å². The largest absolute Gasteiger partial charge is 0.466 e. The molecule has 1 rings (SSSR count). The van der Waals surface area contributed by atoms with Gasteiger partial charge in [-0.15, -0.1) is 0 Å². The maximum atomic E-state index is 11.8. The summed E-state index contributed by atoms with van der Waals surface area (Å²) in [6.45, 7) is 6.56. The summed E-state index contributed by atoms with van der Waals surface area (Å²) in [5, 5.41) is 0. The Morgan fingerprint density at radius 3 is 2.38 bits per heavy atom. The van der Waals surface area contributed by atoms with Crippen molar-refractivity contribution in [2.45, 2.75) is 72.1 Å². The molecule has 0 atom stereocenters. The third-order valence-corrected chi connectivity index (χ3v) is 4.05. The molecule has 4 nitrogen and oxygen atoms in total. The van der Waals surface area contributed by atoms with Crippen LogP contribution in [0.5, 0.6) is 5.75 Å². The smallest absolute Gasteiger partial charge is 0.311 e. The van der Waals surface area contributed by atoms with E-state index in [9.17, 15) is 9.59 Å². The second-order valence-corrected chi connectivity index (χ2v) is 6.16. The normalized spacial score (nSPS) is 10.5. The molecule has 0 N–H and O–H groups in total. The minimum absolute atomic E-state index is 0.221. The van der Waals surface area contributed by atoms with Gasteiger partial charge in [0.1, 0.15) is 5.75 Å². The van der Waals surface area contributed by atoms with E-state index >= 15 is 0 Å². The summed E-state index contributed by atoms with van der Waals surface area (Å²) >= 11 is 0. The topological polar surface area (TPSA) is 52.6 Å². The minimum atomic E-state index is -0.309. The van der Waals surface area contributed by atoms with Crippen molar-refractivity contribution in [1.82, 2.24) is 0 Å². The zero-order valence-corrected chi connectivity index (χ0v) is 15.2. The summed E-state index contributed by atoms with van der Waals surface area (Å²) in [7, 11) is 0. The lowest BCUT2D eigenvalue weighted by Gasteiger charge is -2.09. The van der Waals surface area contributed by atoms with Gasteiger partial charge in [0.05, 0.1) is 6.61 Å². The molecule has 0 heterocycles. The van der Waals surface area contributed by atoms with Crippen molar-refractivity contribution in [3.63, 3.8) is 0 Å². The van der Waals surface area contributed by atoms with Gasteiger partial charge >= 0.3 is 11.9 Å². The fourth-order valence-electron chi connectivity index (χ4n) is 2.35. The van der Waals surface area contributed by atoms with E-state index in [-0.39, 0.29) is 24.8 Å². The summed E-state index contributed by atoms with van der Waals surface area (Å²) in [5.41, 5.74) is 2.05. The average molecular weight is 334 g/mol. The van der Waals surface area contributed by atoms with Gasteiger partial charge in [-0.2, -0.15) is 0 Å². The van der Waals surface area contributed by atoms with Crippen molar-refractivity contribution >= 4 is 11.9 Å². The van der Waals surface area contributed by atoms with Crippen LogP contribution in [-0.4, -0.2) is 18.5 Å². The molecule has 0 bridgehead atoms. The van der Waals surface area contributed by atoms with Gasteiger partial charge in [0.15, 0.2) is 0 Å². The van der Waals surface area contributed by atoms with Crippen LogP contribution in [0, 0.1) is 13.8 Å². The summed E-state index contributed by atoms with van der Waals surface area (Å²) in [6, 6.07) is 5.63. The lowest BCUT2D eigenvalue weighted by molar-refractivity contribution is -0.144.